The van der Waals surface area contributed by atoms with Crippen LogP contribution in [0.3, 0.4) is 0 Å². The van der Waals surface area contributed by atoms with Crippen LogP contribution >= 0.6 is 23.2 Å². The van der Waals surface area contributed by atoms with Gasteiger partial charge in [0.1, 0.15) is 4.90 Å². The average Bonchev–Trinajstić information content (AvgIpc) is 2.73. The molecule has 0 aromatic heterocycles. The van der Waals surface area contributed by atoms with Gasteiger partial charge >= 0.3 is 0 Å². The number of nitrogens with one attached hydrogen (secondary N) is 1. The number of amides is 1. The summed E-state index contributed by atoms with van der Waals surface area (Å²) in [5, 5.41) is 3.29. The third kappa shape index (κ3) is 5.55. The summed E-state index contributed by atoms with van der Waals surface area (Å²) in [6.45, 7) is 2.53. The molecule has 2 aromatic carbocycles. The number of sulfonamides is 1. The van der Waals surface area contributed by atoms with Crippen molar-refractivity contribution in [1.82, 2.24) is 9.62 Å². The van der Waals surface area contributed by atoms with Crippen LogP contribution in [0, 0.1) is 5.92 Å². The van der Waals surface area contributed by atoms with E-state index in [0.717, 1.165) is 12.8 Å². The molecule has 0 radical (unpaired) electrons. The first-order chi connectivity index (χ1) is 14.3. The van der Waals surface area contributed by atoms with Crippen LogP contribution in [0.5, 0.6) is 0 Å². The van der Waals surface area contributed by atoms with Gasteiger partial charge in [-0.25, -0.2) is 8.42 Å². The van der Waals surface area contributed by atoms with Crippen LogP contribution in [0.25, 0.3) is 0 Å². The van der Waals surface area contributed by atoms with Gasteiger partial charge in [-0.05, 0) is 50.3 Å². The van der Waals surface area contributed by atoms with Gasteiger partial charge in [0.05, 0.1) is 10.0 Å². The van der Waals surface area contributed by atoms with Crippen molar-refractivity contribution >= 4 is 39.1 Å². The standard InChI is InChI=1S/C22H26Cl2N2O3S/c1-16(10-11-17-6-3-2-4-7-17)25-22(27)18-12-14-26(15-13-18)30(28,29)21-19(23)8-5-9-20(21)24/h2-9,16,18H,10-15H2,1H3,(H,25,27). The molecule has 30 heavy (non-hydrogen) atoms. The predicted molar refractivity (Wildman–Crippen MR) is 120 cm³/mol. The van der Waals surface area contributed by atoms with E-state index in [2.05, 4.69) is 17.4 Å². The Kier molecular flexibility index (Phi) is 7.80. The summed E-state index contributed by atoms with van der Waals surface area (Å²) in [4.78, 5) is 12.6. The molecule has 0 aliphatic carbocycles. The lowest BCUT2D eigenvalue weighted by Crippen LogP contribution is -2.45. The Bertz CT molecular complexity index is 955. The van der Waals surface area contributed by atoms with Gasteiger partial charge in [0.15, 0.2) is 0 Å². The van der Waals surface area contributed by atoms with Gasteiger partial charge in [-0.1, -0.05) is 59.6 Å². The number of halogens is 2. The molecule has 1 saturated heterocycles. The maximum absolute atomic E-state index is 13.0. The third-order valence-corrected chi connectivity index (χ3v) is 8.29. The summed E-state index contributed by atoms with van der Waals surface area (Å²) in [6, 6.07) is 14.9. The van der Waals surface area contributed by atoms with E-state index in [0.29, 0.717) is 12.8 Å². The van der Waals surface area contributed by atoms with E-state index >= 15 is 0 Å². The maximum Gasteiger partial charge on any atom is 0.246 e. The normalized spacial score (nSPS) is 16.9. The molecular formula is C22H26Cl2N2O3S. The minimum absolute atomic E-state index is 0.0108. The molecule has 1 fully saturated rings. The number of benzene rings is 2. The molecule has 1 aliphatic heterocycles. The molecule has 0 bridgehead atoms. The number of aryl methyl sites for hydroxylation is 1. The van der Waals surface area contributed by atoms with Crippen LogP contribution < -0.4 is 5.32 Å². The van der Waals surface area contributed by atoms with Crippen molar-refractivity contribution in [2.75, 3.05) is 13.1 Å². The quantitative estimate of drug-likeness (QED) is 0.648. The van der Waals surface area contributed by atoms with Crippen molar-refractivity contribution in [2.45, 2.75) is 43.5 Å². The van der Waals surface area contributed by atoms with E-state index in [4.69, 9.17) is 23.2 Å². The predicted octanol–water partition coefficient (Wildman–Crippen LogP) is 4.53. The Morgan fingerprint density at radius 3 is 2.27 bits per heavy atom. The van der Waals surface area contributed by atoms with E-state index in [-0.39, 0.29) is 45.9 Å². The highest BCUT2D eigenvalue weighted by molar-refractivity contribution is 7.89. The van der Waals surface area contributed by atoms with E-state index in [1.54, 1.807) is 6.07 Å². The fraction of sp³-hybridized carbons (Fsp3) is 0.409. The molecule has 0 saturated carbocycles. The van der Waals surface area contributed by atoms with E-state index in [9.17, 15) is 13.2 Å². The zero-order chi connectivity index (χ0) is 21.7. The summed E-state index contributed by atoms with van der Waals surface area (Å²) >= 11 is 12.2. The van der Waals surface area contributed by atoms with Crippen LogP contribution in [0.4, 0.5) is 0 Å². The van der Waals surface area contributed by atoms with E-state index in [1.165, 1.54) is 22.0 Å². The second-order valence-electron chi connectivity index (χ2n) is 7.66. The van der Waals surface area contributed by atoms with Gasteiger partial charge in [0.2, 0.25) is 15.9 Å². The summed E-state index contributed by atoms with van der Waals surface area (Å²) in [5.41, 5.74) is 1.25. The lowest BCUT2D eigenvalue weighted by molar-refractivity contribution is -0.126. The highest BCUT2D eigenvalue weighted by atomic mass is 35.5. The van der Waals surface area contributed by atoms with E-state index in [1.807, 2.05) is 25.1 Å². The van der Waals surface area contributed by atoms with Crippen molar-refractivity contribution in [3.05, 3.63) is 64.1 Å². The minimum atomic E-state index is -3.80. The summed E-state index contributed by atoms with van der Waals surface area (Å²) < 4.78 is 27.3. The SMILES string of the molecule is CC(CCc1ccccc1)NC(=O)C1CCN(S(=O)(=O)c2c(Cl)cccc2Cl)CC1. The fourth-order valence-corrected chi connectivity index (χ4v) is 6.24. The summed E-state index contributed by atoms with van der Waals surface area (Å²) in [7, 11) is -3.80. The van der Waals surface area contributed by atoms with Gasteiger partial charge < -0.3 is 5.32 Å². The lowest BCUT2D eigenvalue weighted by Gasteiger charge is -2.31. The topological polar surface area (TPSA) is 66.5 Å². The third-order valence-electron chi connectivity index (χ3n) is 5.44. The van der Waals surface area contributed by atoms with Crippen LogP contribution in [0.2, 0.25) is 10.0 Å². The Morgan fingerprint density at radius 1 is 1.07 bits per heavy atom. The number of hydrogen-bond donors (Lipinski definition) is 1. The van der Waals surface area contributed by atoms with Crippen molar-refractivity contribution in [3.8, 4) is 0 Å². The molecule has 2 aromatic rings. The molecular weight excluding hydrogens is 443 g/mol. The van der Waals surface area contributed by atoms with Gasteiger partial charge in [0.25, 0.3) is 0 Å². The second kappa shape index (κ2) is 10.1. The monoisotopic (exact) mass is 468 g/mol. The fourth-order valence-electron chi connectivity index (χ4n) is 3.68. The van der Waals surface area contributed by atoms with Crippen LogP contribution in [0.1, 0.15) is 31.7 Å². The Morgan fingerprint density at radius 2 is 1.67 bits per heavy atom. The molecule has 0 spiro atoms. The van der Waals surface area contributed by atoms with Crippen LogP contribution in [0.15, 0.2) is 53.4 Å². The molecule has 1 atom stereocenters. The van der Waals surface area contributed by atoms with Crippen molar-refractivity contribution < 1.29 is 13.2 Å². The smallest absolute Gasteiger partial charge is 0.246 e. The first kappa shape index (κ1) is 23.1. The summed E-state index contributed by atoms with van der Waals surface area (Å²) in [5.74, 6) is -0.208. The van der Waals surface area contributed by atoms with Gasteiger partial charge in [-0.15, -0.1) is 0 Å². The van der Waals surface area contributed by atoms with Gasteiger partial charge in [0, 0.05) is 25.0 Å². The molecule has 3 rings (SSSR count). The van der Waals surface area contributed by atoms with Gasteiger partial charge in [-0.2, -0.15) is 4.31 Å². The molecule has 1 N–H and O–H groups in total. The Labute approximate surface area is 188 Å². The Balaban J connectivity index is 1.53. The molecule has 162 valence electrons. The number of carbonyl (C=O) groups excluding carboxylic acids is 1. The van der Waals surface area contributed by atoms with Crippen LogP contribution in [-0.4, -0.2) is 37.8 Å². The highest BCUT2D eigenvalue weighted by Gasteiger charge is 2.34. The van der Waals surface area contributed by atoms with Gasteiger partial charge in [-0.3, -0.25) is 4.79 Å². The largest absolute Gasteiger partial charge is 0.353 e. The number of rotatable bonds is 7. The van der Waals surface area contributed by atoms with E-state index < -0.39 is 10.0 Å². The number of nitrogens with zero attached hydrogens (tertiary/aromatic N) is 1. The number of hydrogen-bond acceptors (Lipinski definition) is 3. The second-order valence-corrected chi connectivity index (χ2v) is 10.4. The lowest BCUT2D eigenvalue weighted by atomic mass is 9.96. The highest BCUT2D eigenvalue weighted by Crippen LogP contribution is 2.33. The zero-order valence-corrected chi connectivity index (χ0v) is 19.2. The maximum atomic E-state index is 13.0. The van der Waals surface area contributed by atoms with Crippen molar-refractivity contribution in [1.29, 1.82) is 0 Å². The van der Waals surface area contributed by atoms with Crippen molar-refractivity contribution in [2.24, 2.45) is 5.92 Å². The molecule has 5 nitrogen and oxygen atoms in total. The first-order valence-corrected chi connectivity index (χ1v) is 12.3. The molecule has 8 heteroatoms. The molecule has 1 aliphatic rings. The van der Waals surface area contributed by atoms with Crippen LogP contribution in [-0.2, 0) is 21.2 Å². The molecule has 1 unspecified atom stereocenters. The molecule has 1 amide bonds. The zero-order valence-electron chi connectivity index (χ0n) is 16.9. The number of piperidine rings is 1. The average molecular weight is 469 g/mol. The first-order valence-electron chi connectivity index (χ1n) is 10.1. The molecule has 1 heterocycles. The van der Waals surface area contributed by atoms with Crippen molar-refractivity contribution in [3.63, 3.8) is 0 Å². The number of carbonyl (C=O) groups is 1. The minimum Gasteiger partial charge on any atom is -0.353 e. The summed E-state index contributed by atoms with van der Waals surface area (Å²) in [6.07, 6.45) is 2.70. The Hall–Kier alpha value is -1.60.